The number of benzene rings is 1. The molecule has 1 rings (SSSR count). The van der Waals surface area contributed by atoms with Crippen molar-refractivity contribution in [3.63, 3.8) is 0 Å². The van der Waals surface area contributed by atoms with Gasteiger partial charge in [-0.05, 0) is 38.1 Å². The Labute approximate surface area is 100 Å². The van der Waals surface area contributed by atoms with E-state index in [0.717, 1.165) is 11.1 Å². The summed E-state index contributed by atoms with van der Waals surface area (Å²) in [6.45, 7) is 3.53. The Morgan fingerprint density at radius 2 is 1.94 bits per heavy atom. The lowest BCUT2D eigenvalue weighted by Crippen LogP contribution is -2.30. The zero-order valence-corrected chi connectivity index (χ0v) is 10.3. The molecule has 17 heavy (non-hydrogen) atoms. The van der Waals surface area contributed by atoms with E-state index in [0.29, 0.717) is 5.56 Å². The van der Waals surface area contributed by atoms with Crippen molar-refractivity contribution < 1.29 is 13.6 Å². The van der Waals surface area contributed by atoms with E-state index >= 15 is 0 Å². The highest BCUT2D eigenvalue weighted by molar-refractivity contribution is 5.97. The third-order valence-corrected chi connectivity index (χ3v) is 2.69. The number of hydrogen-bond acceptors (Lipinski definition) is 2. The number of halogens is 2. The minimum Gasteiger partial charge on any atom is -0.293 e. The average Bonchev–Trinajstić information content (AvgIpc) is 2.20. The molecule has 0 atom stereocenters. The molecule has 0 aromatic heterocycles. The van der Waals surface area contributed by atoms with Crippen molar-refractivity contribution in [2.24, 2.45) is 0 Å². The Kier molecular flexibility index (Phi) is 4.75. The summed E-state index contributed by atoms with van der Waals surface area (Å²) in [6, 6.07) is 5.41. The molecule has 0 saturated heterocycles. The fraction of sp³-hybridized carbons (Fsp3) is 0.462. The molecule has 0 amide bonds. The molecule has 1 aromatic rings. The number of ketones is 1. The Hall–Kier alpha value is -1.29. The maximum absolute atomic E-state index is 12.1. The quantitative estimate of drug-likeness (QED) is 0.739. The van der Waals surface area contributed by atoms with Crippen LogP contribution in [0.25, 0.3) is 0 Å². The summed E-state index contributed by atoms with van der Waals surface area (Å²) in [5.74, 6) is -0.128. The van der Waals surface area contributed by atoms with Gasteiger partial charge in [0.2, 0.25) is 0 Å². The van der Waals surface area contributed by atoms with Gasteiger partial charge in [-0.1, -0.05) is 12.1 Å². The van der Waals surface area contributed by atoms with E-state index in [-0.39, 0.29) is 18.9 Å². The summed E-state index contributed by atoms with van der Waals surface area (Å²) < 4.78 is 24.2. The Morgan fingerprint density at radius 3 is 2.47 bits per heavy atom. The second-order valence-corrected chi connectivity index (χ2v) is 4.31. The van der Waals surface area contributed by atoms with Gasteiger partial charge >= 0.3 is 0 Å². The standard InChI is InChI=1S/C13H17F2NO/c1-9-4-5-11(6-10(9)2)12(17)7-16(3)8-13(14)15/h4-6,13H,7-8H2,1-3H3. The van der Waals surface area contributed by atoms with E-state index in [1.807, 2.05) is 19.9 Å². The van der Waals surface area contributed by atoms with Crippen LogP contribution in [-0.4, -0.2) is 37.2 Å². The minimum atomic E-state index is -2.41. The summed E-state index contributed by atoms with van der Waals surface area (Å²) in [5.41, 5.74) is 2.73. The number of alkyl halides is 2. The molecule has 0 aliphatic heterocycles. The van der Waals surface area contributed by atoms with Crippen molar-refractivity contribution in [2.75, 3.05) is 20.1 Å². The van der Waals surface area contributed by atoms with E-state index in [1.165, 1.54) is 11.9 Å². The average molecular weight is 241 g/mol. The van der Waals surface area contributed by atoms with Crippen molar-refractivity contribution in [1.82, 2.24) is 4.90 Å². The zero-order valence-electron chi connectivity index (χ0n) is 10.3. The van der Waals surface area contributed by atoms with Crippen LogP contribution < -0.4 is 0 Å². The van der Waals surface area contributed by atoms with Crippen molar-refractivity contribution >= 4 is 5.78 Å². The van der Waals surface area contributed by atoms with E-state index in [9.17, 15) is 13.6 Å². The predicted molar refractivity (Wildman–Crippen MR) is 63.7 cm³/mol. The number of likely N-dealkylation sites (N-methyl/N-ethyl adjacent to an activating group) is 1. The molecule has 4 heteroatoms. The Bertz CT molecular complexity index is 404. The molecule has 0 saturated carbocycles. The lowest BCUT2D eigenvalue weighted by molar-refractivity contribution is 0.0820. The molecule has 0 aliphatic carbocycles. The Morgan fingerprint density at radius 1 is 1.29 bits per heavy atom. The predicted octanol–water partition coefficient (Wildman–Crippen LogP) is 2.68. The van der Waals surface area contributed by atoms with Crippen LogP contribution in [0.2, 0.25) is 0 Å². The van der Waals surface area contributed by atoms with Gasteiger partial charge in [-0.25, -0.2) is 8.78 Å². The molecule has 0 radical (unpaired) electrons. The maximum Gasteiger partial charge on any atom is 0.251 e. The monoisotopic (exact) mass is 241 g/mol. The largest absolute Gasteiger partial charge is 0.293 e. The van der Waals surface area contributed by atoms with Gasteiger partial charge in [0.15, 0.2) is 5.78 Å². The van der Waals surface area contributed by atoms with E-state index in [4.69, 9.17) is 0 Å². The first-order chi connectivity index (χ1) is 7.90. The molecular formula is C13H17F2NO. The van der Waals surface area contributed by atoms with E-state index in [1.54, 1.807) is 12.1 Å². The van der Waals surface area contributed by atoms with Gasteiger partial charge in [0.1, 0.15) is 0 Å². The summed E-state index contributed by atoms with van der Waals surface area (Å²) in [7, 11) is 1.52. The first kappa shape index (κ1) is 13.8. The van der Waals surface area contributed by atoms with Gasteiger partial charge in [0, 0.05) is 5.56 Å². The third kappa shape index (κ3) is 4.23. The number of aryl methyl sites for hydroxylation is 2. The highest BCUT2D eigenvalue weighted by atomic mass is 19.3. The summed E-state index contributed by atoms with van der Waals surface area (Å²) >= 11 is 0. The second-order valence-electron chi connectivity index (χ2n) is 4.31. The van der Waals surface area contributed by atoms with Gasteiger partial charge in [0.05, 0.1) is 13.1 Å². The molecule has 0 heterocycles. The second kappa shape index (κ2) is 5.87. The molecule has 0 fully saturated rings. The molecule has 0 unspecified atom stereocenters. The third-order valence-electron chi connectivity index (χ3n) is 2.69. The van der Waals surface area contributed by atoms with Crippen molar-refractivity contribution in [1.29, 1.82) is 0 Å². The molecule has 94 valence electrons. The van der Waals surface area contributed by atoms with Crippen LogP contribution in [-0.2, 0) is 0 Å². The topological polar surface area (TPSA) is 20.3 Å². The van der Waals surface area contributed by atoms with Gasteiger partial charge in [-0.2, -0.15) is 0 Å². The number of nitrogens with zero attached hydrogens (tertiary/aromatic N) is 1. The fourth-order valence-corrected chi connectivity index (χ4v) is 1.55. The number of rotatable bonds is 5. The number of Topliss-reactive ketones (excluding diaryl/α,β-unsaturated/α-hetero) is 1. The van der Waals surface area contributed by atoms with Crippen LogP contribution in [0.3, 0.4) is 0 Å². The van der Waals surface area contributed by atoms with Crippen LogP contribution in [0.5, 0.6) is 0 Å². The first-order valence-electron chi connectivity index (χ1n) is 5.47. The molecule has 1 aromatic carbocycles. The fourth-order valence-electron chi connectivity index (χ4n) is 1.55. The number of carbonyl (C=O) groups is 1. The van der Waals surface area contributed by atoms with Gasteiger partial charge in [0.25, 0.3) is 6.43 Å². The summed E-state index contributed by atoms with van der Waals surface area (Å²) in [4.78, 5) is 13.1. The van der Waals surface area contributed by atoms with Gasteiger partial charge in [-0.15, -0.1) is 0 Å². The molecular weight excluding hydrogens is 224 g/mol. The SMILES string of the molecule is Cc1ccc(C(=O)CN(C)CC(F)F)cc1C. The minimum absolute atomic E-state index is 0.0207. The van der Waals surface area contributed by atoms with Crippen LogP contribution >= 0.6 is 0 Å². The zero-order chi connectivity index (χ0) is 13.0. The maximum atomic E-state index is 12.1. The normalized spacial score (nSPS) is 11.2. The van der Waals surface area contributed by atoms with Crippen molar-refractivity contribution in [3.05, 3.63) is 34.9 Å². The van der Waals surface area contributed by atoms with E-state index < -0.39 is 6.43 Å². The highest BCUT2D eigenvalue weighted by Gasteiger charge is 2.13. The van der Waals surface area contributed by atoms with Crippen LogP contribution in [0.15, 0.2) is 18.2 Å². The van der Waals surface area contributed by atoms with Crippen molar-refractivity contribution in [2.45, 2.75) is 20.3 Å². The summed E-state index contributed by atoms with van der Waals surface area (Å²) in [6.07, 6.45) is -2.41. The first-order valence-corrected chi connectivity index (χ1v) is 5.47. The Balaban J connectivity index is 2.66. The smallest absolute Gasteiger partial charge is 0.251 e. The van der Waals surface area contributed by atoms with Crippen LogP contribution in [0, 0.1) is 13.8 Å². The van der Waals surface area contributed by atoms with Crippen LogP contribution in [0.4, 0.5) is 8.78 Å². The lowest BCUT2D eigenvalue weighted by atomic mass is 10.0. The molecule has 0 spiro atoms. The molecule has 0 aliphatic rings. The van der Waals surface area contributed by atoms with Crippen molar-refractivity contribution in [3.8, 4) is 0 Å². The molecule has 0 bridgehead atoms. The highest BCUT2D eigenvalue weighted by Crippen LogP contribution is 2.11. The van der Waals surface area contributed by atoms with Gasteiger partial charge in [-0.3, -0.25) is 9.69 Å². The van der Waals surface area contributed by atoms with E-state index in [2.05, 4.69) is 0 Å². The lowest BCUT2D eigenvalue weighted by Gasteiger charge is -2.15. The molecule has 2 nitrogen and oxygen atoms in total. The molecule has 0 N–H and O–H groups in total. The summed E-state index contributed by atoms with van der Waals surface area (Å²) in [5, 5.41) is 0. The van der Waals surface area contributed by atoms with Gasteiger partial charge < -0.3 is 0 Å². The number of carbonyl (C=O) groups excluding carboxylic acids is 1. The number of hydrogen-bond donors (Lipinski definition) is 0. The van der Waals surface area contributed by atoms with Crippen LogP contribution in [0.1, 0.15) is 21.5 Å².